The molecule has 1 amide bonds. The number of amides is 1. The molecule has 0 atom stereocenters. The summed E-state index contributed by atoms with van der Waals surface area (Å²) in [5.74, 6) is 0.486. The number of aromatic nitrogens is 1. The minimum absolute atomic E-state index is 0.293. The van der Waals surface area contributed by atoms with Gasteiger partial charge in [-0.1, -0.05) is 47.1 Å². The number of nitriles is 1. The van der Waals surface area contributed by atoms with Crippen molar-refractivity contribution in [2.75, 3.05) is 11.9 Å². The van der Waals surface area contributed by atoms with Gasteiger partial charge >= 0.3 is 0 Å². The quantitative estimate of drug-likeness (QED) is 0.204. The highest BCUT2D eigenvalue weighted by molar-refractivity contribution is 9.10. The van der Waals surface area contributed by atoms with E-state index in [9.17, 15) is 10.1 Å². The fraction of sp³-hybridized carbons (Fsp3) is 0.156. The third kappa shape index (κ3) is 5.44. The van der Waals surface area contributed by atoms with E-state index in [0.29, 0.717) is 33.9 Å². The molecule has 0 saturated heterocycles. The topological polar surface area (TPSA) is 75.0 Å². The van der Waals surface area contributed by atoms with E-state index in [2.05, 4.69) is 46.4 Å². The first-order valence-corrected chi connectivity index (χ1v) is 14.3. The number of thiophene rings is 1. The largest absolute Gasteiger partial charge is 0.494 e. The SMILES string of the molecule is CCOc1ccc(-c2cc(C(=O)Nc3sc(C)c(-c4ccc(CC)cc4)c3C#N)c3cc(Br)ccc3n2)cc1. The molecule has 0 spiro atoms. The molecule has 0 unspecified atom stereocenters. The van der Waals surface area contributed by atoms with Crippen molar-refractivity contribution in [2.24, 2.45) is 0 Å². The van der Waals surface area contributed by atoms with Crippen LogP contribution in [0.4, 0.5) is 5.00 Å². The molecule has 0 aliphatic carbocycles. The molecule has 5 rings (SSSR count). The zero-order valence-corrected chi connectivity index (χ0v) is 24.2. The molecule has 0 aliphatic rings. The van der Waals surface area contributed by atoms with Crippen LogP contribution in [0.15, 0.2) is 77.3 Å². The number of hydrogen-bond donors (Lipinski definition) is 1. The lowest BCUT2D eigenvalue weighted by atomic mass is 10.00. The van der Waals surface area contributed by atoms with E-state index < -0.39 is 0 Å². The van der Waals surface area contributed by atoms with Gasteiger partial charge in [-0.25, -0.2) is 4.98 Å². The number of nitrogens with zero attached hydrogens (tertiary/aromatic N) is 2. The first kappa shape index (κ1) is 26.6. The van der Waals surface area contributed by atoms with Gasteiger partial charge in [0.1, 0.15) is 16.8 Å². The van der Waals surface area contributed by atoms with Crippen LogP contribution in [0.2, 0.25) is 0 Å². The molecule has 1 N–H and O–H groups in total. The number of benzene rings is 3. The van der Waals surface area contributed by atoms with Crippen LogP contribution in [-0.4, -0.2) is 17.5 Å². The Balaban J connectivity index is 1.55. The highest BCUT2D eigenvalue weighted by atomic mass is 79.9. The van der Waals surface area contributed by atoms with Gasteiger partial charge in [-0.2, -0.15) is 5.26 Å². The lowest BCUT2D eigenvalue weighted by molar-refractivity contribution is 0.102. The number of pyridine rings is 1. The minimum Gasteiger partial charge on any atom is -0.494 e. The van der Waals surface area contributed by atoms with Crippen LogP contribution < -0.4 is 10.1 Å². The highest BCUT2D eigenvalue weighted by Crippen LogP contribution is 2.40. The first-order valence-electron chi connectivity index (χ1n) is 12.7. The standard InChI is InChI=1S/C32H26BrN3O2S/c1-4-20-6-8-22(9-7-20)30-19(3)39-32(27(30)18-34)36-31(37)26-17-29(21-10-13-24(14-11-21)38-5-2)35-28-15-12-23(33)16-25(26)28/h6-17H,4-5H2,1-3H3,(H,36,37). The molecule has 194 valence electrons. The minimum atomic E-state index is -0.293. The summed E-state index contributed by atoms with van der Waals surface area (Å²) in [7, 11) is 0. The number of carbonyl (C=O) groups excluding carboxylic acids is 1. The number of carbonyl (C=O) groups is 1. The maximum atomic E-state index is 13.8. The van der Waals surface area contributed by atoms with E-state index in [1.807, 2.05) is 68.4 Å². The lowest BCUT2D eigenvalue weighted by Gasteiger charge is -2.11. The van der Waals surface area contributed by atoms with Crippen LogP contribution in [0.3, 0.4) is 0 Å². The fourth-order valence-corrected chi connectivity index (χ4v) is 5.97. The molecule has 39 heavy (non-hydrogen) atoms. The normalized spacial score (nSPS) is 10.8. The van der Waals surface area contributed by atoms with Crippen molar-refractivity contribution in [3.8, 4) is 34.2 Å². The summed E-state index contributed by atoms with van der Waals surface area (Å²) in [5, 5.41) is 14.4. The Hall–Kier alpha value is -3.99. The van der Waals surface area contributed by atoms with Gasteiger partial charge in [0.15, 0.2) is 0 Å². The Labute approximate surface area is 240 Å². The second-order valence-corrected chi connectivity index (χ2v) is 11.2. The van der Waals surface area contributed by atoms with Crippen LogP contribution in [0, 0.1) is 18.3 Å². The van der Waals surface area contributed by atoms with Gasteiger partial charge in [0, 0.05) is 25.9 Å². The number of halogens is 1. The number of anilines is 1. The second-order valence-electron chi connectivity index (χ2n) is 9.03. The number of aryl methyl sites for hydroxylation is 2. The van der Waals surface area contributed by atoms with Crippen molar-refractivity contribution >= 4 is 49.1 Å². The summed E-state index contributed by atoms with van der Waals surface area (Å²) in [6, 6.07) is 25.7. The third-order valence-electron chi connectivity index (χ3n) is 6.55. The Morgan fingerprint density at radius 1 is 1.03 bits per heavy atom. The molecular formula is C32H26BrN3O2S. The summed E-state index contributed by atoms with van der Waals surface area (Å²) < 4.78 is 6.42. The molecule has 7 heteroatoms. The fourth-order valence-electron chi connectivity index (χ4n) is 4.59. The predicted molar refractivity (Wildman–Crippen MR) is 163 cm³/mol. The molecule has 0 aliphatic heterocycles. The summed E-state index contributed by atoms with van der Waals surface area (Å²) in [4.78, 5) is 19.6. The smallest absolute Gasteiger partial charge is 0.257 e. The Morgan fingerprint density at radius 2 is 1.74 bits per heavy atom. The third-order valence-corrected chi connectivity index (χ3v) is 8.06. The van der Waals surface area contributed by atoms with Gasteiger partial charge in [0.2, 0.25) is 0 Å². The van der Waals surface area contributed by atoms with E-state index in [1.54, 1.807) is 6.07 Å². The van der Waals surface area contributed by atoms with Crippen molar-refractivity contribution in [2.45, 2.75) is 27.2 Å². The monoisotopic (exact) mass is 595 g/mol. The van der Waals surface area contributed by atoms with Crippen molar-refractivity contribution in [3.63, 3.8) is 0 Å². The number of hydrogen-bond acceptors (Lipinski definition) is 5. The molecule has 2 heterocycles. The van der Waals surface area contributed by atoms with E-state index in [-0.39, 0.29) is 5.91 Å². The zero-order chi connectivity index (χ0) is 27.5. The number of ether oxygens (including phenoxy) is 1. The maximum absolute atomic E-state index is 13.8. The van der Waals surface area contributed by atoms with Crippen molar-refractivity contribution in [1.82, 2.24) is 4.98 Å². The average molecular weight is 597 g/mol. The van der Waals surface area contributed by atoms with Crippen molar-refractivity contribution in [1.29, 1.82) is 5.26 Å². The molecule has 0 fully saturated rings. The molecule has 2 aromatic heterocycles. The summed E-state index contributed by atoms with van der Waals surface area (Å²) in [6.45, 7) is 6.63. The maximum Gasteiger partial charge on any atom is 0.257 e. The van der Waals surface area contributed by atoms with Gasteiger partial charge < -0.3 is 10.1 Å². The Kier molecular flexibility index (Phi) is 7.78. The van der Waals surface area contributed by atoms with Crippen LogP contribution in [0.5, 0.6) is 5.75 Å². The molecule has 5 nitrogen and oxygen atoms in total. The Bertz CT molecular complexity index is 1720. The van der Waals surface area contributed by atoms with E-state index in [0.717, 1.165) is 43.6 Å². The highest BCUT2D eigenvalue weighted by Gasteiger charge is 2.21. The van der Waals surface area contributed by atoms with Crippen LogP contribution in [0.1, 0.15) is 40.2 Å². The average Bonchev–Trinajstić information content (AvgIpc) is 3.27. The van der Waals surface area contributed by atoms with Gasteiger partial charge in [-0.15, -0.1) is 11.3 Å². The lowest BCUT2D eigenvalue weighted by Crippen LogP contribution is -2.13. The van der Waals surface area contributed by atoms with Crippen molar-refractivity contribution in [3.05, 3.63) is 98.8 Å². The Morgan fingerprint density at radius 3 is 2.41 bits per heavy atom. The molecular weight excluding hydrogens is 570 g/mol. The second kappa shape index (κ2) is 11.4. The van der Waals surface area contributed by atoms with Crippen LogP contribution >= 0.6 is 27.3 Å². The molecule has 0 radical (unpaired) electrons. The summed E-state index contributed by atoms with van der Waals surface area (Å²) in [6.07, 6.45) is 0.948. The van der Waals surface area contributed by atoms with Crippen molar-refractivity contribution < 1.29 is 9.53 Å². The summed E-state index contributed by atoms with van der Waals surface area (Å²) >= 11 is 4.94. The van der Waals surface area contributed by atoms with Gasteiger partial charge in [0.25, 0.3) is 5.91 Å². The number of nitrogens with one attached hydrogen (secondary N) is 1. The van der Waals surface area contributed by atoms with Gasteiger partial charge in [-0.3, -0.25) is 4.79 Å². The molecule has 0 bridgehead atoms. The van der Waals surface area contributed by atoms with E-state index in [1.165, 1.54) is 16.9 Å². The molecule has 3 aromatic carbocycles. The molecule has 5 aromatic rings. The van der Waals surface area contributed by atoms with E-state index >= 15 is 0 Å². The number of rotatable bonds is 7. The van der Waals surface area contributed by atoms with Crippen LogP contribution in [0.25, 0.3) is 33.3 Å². The van der Waals surface area contributed by atoms with Gasteiger partial charge in [-0.05, 0) is 79.9 Å². The van der Waals surface area contributed by atoms with E-state index in [4.69, 9.17) is 9.72 Å². The zero-order valence-electron chi connectivity index (χ0n) is 21.8. The van der Waals surface area contributed by atoms with Gasteiger partial charge in [0.05, 0.1) is 28.9 Å². The predicted octanol–water partition coefficient (Wildman–Crippen LogP) is 8.79. The van der Waals surface area contributed by atoms with Crippen LogP contribution in [-0.2, 0) is 6.42 Å². The number of fused-ring (bicyclic) bond motifs is 1. The summed E-state index contributed by atoms with van der Waals surface area (Å²) in [5.41, 5.74) is 6.27. The molecule has 0 saturated carbocycles. The first-order chi connectivity index (χ1) is 18.9.